The predicted molar refractivity (Wildman–Crippen MR) is 114 cm³/mol. The molecule has 1 saturated heterocycles. The zero-order valence-electron chi connectivity index (χ0n) is 16.3. The van der Waals surface area contributed by atoms with Crippen molar-refractivity contribution in [3.63, 3.8) is 0 Å². The summed E-state index contributed by atoms with van der Waals surface area (Å²) in [5, 5.41) is 0.641. The topological polar surface area (TPSA) is 90.2 Å². The van der Waals surface area contributed by atoms with Gasteiger partial charge in [-0.2, -0.15) is 4.98 Å². The average molecular weight is 389 g/mol. The van der Waals surface area contributed by atoms with Gasteiger partial charge in [0.05, 0.1) is 17.2 Å². The van der Waals surface area contributed by atoms with E-state index in [1.807, 2.05) is 41.0 Å². The highest BCUT2D eigenvalue weighted by molar-refractivity contribution is 5.87. The number of fused-ring (bicyclic) bond motifs is 2. The number of hydrogen-bond acceptors (Lipinski definition) is 6. The molecule has 0 unspecified atom stereocenters. The van der Waals surface area contributed by atoms with Gasteiger partial charge in [-0.25, -0.2) is 4.98 Å². The van der Waals surface area contributed by atoms with Crippen molar-refractivity contribution in [1.82, 2.24) is 19.4 Å². The van der Waals surface area contributed by atoms with Crippen LogP contribution in [0.4, 0.5) is 6.01 Å². The molecule has 4 aromatic rings. The molecule has 7 nitrogen and oxygen atoms in total. The van der Waals surface area contributed by atoms with Gasteiger partial charge < -0.3 is 15.1 Å². The molecule has 1 aliphatic rings. The summed E-state index contributed by atoms with van der Waals surface area (Å²) in [6, 6.07) is 11.9. The van der Waals surface area contributed by atoms with Crippen LogP contribution in [0.15, 0.2) is 51.9 Å². The van der Waals surface area contributed by atoms with Crippen LogP contribution in [-0.4, -0.2) is 39.1 Å². The van der Waals surface area contributed by atoms with Crippen molar-refractivity contribution in [3.05, 3.63) is 53.1 Å². The van der Waals surface area contributed by atoms with Crippen LogP contribution in [-0.2, 0) is 0 Å². The van der Waals surface area contributed by atoms with Gasteiger partial charge >= 0.3 is 0 Å². The molecule has 0 bridgehead atoms. The minimum atomic E-state index is 0.0264. The Kier molecular flexibility index (Phi) is 4.32. The monoisotopic (exact) mass is 389 g/mol. The largest absolute Gasteiger partial charge is 0.424 e. The Morgan fingerprint density at radius 2 is 1.86 bits per heavy atom. The lowest BCUT2D eigenvalue weighted by molar-refractivity contribution is 0.192. The lowest BCUT2D eigenvalue weighted by atomic mass is 10.0. The number of piperidine rings is 1. The van der Waals surface area contributed by atoms with Crippen LogP contribution in [0.2, 0.25) is 0 Å². The first kappa shape index (κ1) is 17.9. The molecule has 5 rings (SSSR count). The fraction of sp³-hybridized carbons (Fsp3) is 0.318. The number of nitrogen functional groups attached to an aromatic ring is 1. The number of rotatable bonds is 3. The van der Waals surface area contributed by atoms with Gasteiger partial charge in [-0.05, 0) is 54.8 Å². The molecule has 0 aliphatic carbocycles. The van der Waals surface area contributed by atoms with Gasteiger partial charge in [0.15, 0.2) is 5.58 Å². The van der Waals surface area contributed by atoms with Gasteiger partial charge in [0.2, 0.25) is 0 Å². The fourth-order valence-corrected chi connectivity index (χ4v) is 4.21. The average Bonchev–Trinajstić information content (AvgIpc) is 3.13. The SMILES string of the molecule is CCN1CCC(n2cnc3ccc(-c4ccc5oc(N)nc5c4)cc3c2=O)CC1. The third-order valence-electron chi connectivity index (χ3n) is 5.92. The van der Waals surface area contributed by atoms with Crippen molar-refractivity contribution >= 4 is 28.0 Å². The summed E-state index contributed by atoms with van der Waals surface area (Å²) >= 11 is 0. The Balaban J connectivity index is 1.55. The Morgan fingerprint density at radius 3 is 2.66 bits per heavy atom. The molecule has 3 heterocycles. The summed E-state index contributed by atoms with van der Waals surface area (Å²) in [6.45, 7) is 5.28. The molecule has 2 aromatic heterocycles. The standard InChI is InChI=1S/C22H23N5O2/c1-2-26-9-7-16(8-10-26)27-13-24-18-5-3-14(11-17(18)21(27)28)15-4-6-20-19(12-15)25-22(23)29-20/h3-6,11-13,16H,2,7-10H2,1H3,(H2,23,25). The van der Waals surface area contributed by atoms with E-state index in [1.54, 1.807) is 6.33 Å². The van der Waals surface area contributed by atoms with E-state index in [9.17, 15) is 4.79 Å². The van der Waals surface area contributed by atoms with Gasteiger partial charge in [0, 0.05) is 19.1 Å². The van der Waals surface area contributed by atoms with Gasteiger partial charge in [-0.1, -0.05) is 19.1 Å². The maximum atomic E-state index is 13.2. The lowest BCUT2D eigenvalue weighted by Gasteiger charge is -2.31. The van der Waals surface area contributed by atoms with E-state index in [0.717, 1.165) is 43.6 Å². The molecule has 0 saturated carbocycles. The minimum absolute atomic E-state index is 0.0264. The molecular weight excluding hydrogens is 366 g/mol. The van der Waals surface area contributed by atoms with Gasteiger partial charge in [-0.15, -0.1) is 0 Å². The Hall–Kier alpha value is -3.19. The van der Waals surface area contributed by atoms with Gasteiger partial charge in [0.1, 0.15) is 5.52 Å². The zero-order valence-corrected chi connectivity index (χ0v) is 16.3. The molecule has 29 heavy (non-hydrogen) atoms. The van der Waals surface area contributed by atoms with E-state index < -0.39 is 0 Å². The third kappa shape index (κ3) is 3.17. The first-order valence-corrected chi connectivity index (χ1v) is 10.0. The van der Waals surface area contributed by atoms with Crippen LogP contribution < -0.4 is 11.3 Å². The Bertz CT molecular complexity index is 1250. The number of hydrogen-bond donors (Lipinski definition) is 1. The van der Waals surface area contributed by atoms with Gasteiger partial charge in [0.25, 0.3) is 11.6 Å². The lowest BCUT2D eigenvalue weighted by Crippen LogP contribution is -2.37. The highest BCUT2D eigenvalue weighted by Gasteiger charge is 2.21. The number of nitrogens with two attached hydrogens (primary N) is 1. The third-order valence-corrected chi connectivity index (χ3v) is 5.92. The zero-order chi connectivity index (χ0) is 20.0. The first-order valence-electron chi connectivity index (χ1n) is 10.0. The molecule has 2 N–H and O–H groups in total. The number of oxazole rings is 1. The molecule has 1 aliphatic heterocycles. The summed E-state index contributed by atoms with van der Waals surface area (Å²) in [5.41, 5.74) is 9.64. The van der Waals surface area contributed by atoms with E-state index in [0.29, 0.717) is 22.0 Å². The van der Waals surface area contributed by atoms with Crippen molar-refractivity contribution in [3.8, 4) is 11.1 Å². The molecular formula is C22H23N5O2. The molecule has 0 atom stereocenters. The second kappa shape index (κ2) is 7.00. The number of nitrogens with zero attached hydrogens (tertiary/aromatic N) is 4. The molecule has 0 radical (unpaired) electrons. The van der Waals surface area contributed by atoms with Crippen molar-refractivity contribution in [2.45, 2.75) is 25.8 Å². The van der Waals surface area contributed by atoms with E-state index >= 15 is 0 Å². The van der Waals surface area contributed by atoms with E-state index in [4.69, 9.17) is 10.2 Å². The summed E-state index contributed by atoms with van der Waals surface area (Å²) in [7, 11) is 0. The molecule has 1 fully saturated rings. The van der Waals surface area contributed by atoms with Crippen LogP contribution in [0, 0.1) is 0 Å². The van der Waals surface area contributed by atoms with E-state index in [-0.39, 0.29) is 17.6 Å². The van der Waals surface area contributed by atoms with Crippen molar-refractivity contribution in [2.24, 2.45) is 0 Å². The summed E-state index contributed by atoms with van der Waals surface area (Å²) < 4.78 is 7.17. The second-order valence-corrected chi connectivity index (χ2v) is 7.59. The Labute approximate surface area is 167 Å². The minimum Gasteiger partial charge on any atom is -0.424 e. The summed E-state index contributed by atoms with van der Waals surface area (Å²) in [6.07, 6.45) is 3.66. The maximum absolute atomic E-state index is 13.2. The molecule has 0 spiro atoms. The Morgan fingerprint density at radius 1 is 1.10 bits per heavy atom. The van der Waals surface area contributed by atoms with Crippen LogP contribution in [0.25, 0.3) is 33.1 Å². The van der Waals surface area contributed by atoms with Crippen LogP contribution in [0.5, 0.6) is 0 Å². The van der Waals surface area contributed by atoms with E-state index in [1.165, 1.54) is 0 Å². The number of aromatic nitrogens is 3. The van der Waals surface area contributed by atoms with Crippen molar-refractivity contribution < 1.29 is 4.42 Å². The number of benzene rings is 2. The van der Waals surface area contributed by atoms with Crippen LogP contribution >= 0.6 is 0 Å². The highest BCUT2D eigenvalue weighted by Crippen LogP contribution is 2.27. The first-order chi connectivity index (χ1) is 14.1. The smallest absolute Gasteiger partial charge is 0.292 e. The summed E-state index contributed by atoms with van der Waals surface area (Å²) in [4.78, 5) is 24.4. The fourth-order valence-electron chi connectivity index (χ4n) is 4.21. The highest BCUT2D eigenvalue weighted by atomic mass is 16.4. The quantitative estimate of drug-likeness (QED) is 0.577. The van der Waals surface area contributed by atoms with Crippen LogP contribution in [0.3, 0.4) is 0 Å². The normalized spacial score (nSPS) is 16.0. The summed E-state index contributed by atoms with van der Waals surface area (Å²) in [5.74, 6) is 0. The van der Waals surface area contributed by atoms with E-state index in [2.05, 4.69) is 21.8 Å². The molecule has 148 valence electrons. The number of anilines is 1. The molecule has 7 heteroatoms. The number of likely N-dealkylation sites (tertiary alicyclic amines) is 1. The van der Waals surface area contributed by atoms with Crippen LogP contribution in [0.1, 0.15) is 25.8 Å². The predicted octanol–water partition coefficient (Wildman–Crippen LogP) is 3.44. The maximum Gasteiger partial charge on any atom is 0.292 e. The van der Waals surface area contributed by atoms with Crippen molar-refractivity contribution in [2.75, 3.05) is 25.4 Å². The van der Waals surface area contributed by atoms with Crippen molar-refractivity contribution in [1.29, 1.82) is 0 Å². The second-order valence-electron chi connectivity index (χ2n) is 7.59. The molecule has 0 amide bonds. The van der Waals surface area contributed by atoms with Gasteiger partial charge in [-0.3, -0.25) is 9.36 Å². The molecule has 2 aromatic carbocycles.